The summed E-state index contributed by atoms with van der Waals surface area (Å²) in [4.78, 5) is 0. The van der Waals surface area contributed by atoms with Gasteiger partial charge >= 0.3 is 0 Å². The van der Waals surface area contributed by atoms with Crippen molar-refractivity contribution in [3.05, 3.63) is 35.9 Å². The molecule has 2 rings (SSSR count). The first-order chi connectivity index (χ1) is 7.72. The molecule has 1 aromatic heterocycles. The van der Waals surface area contributed by atoms with Gasteiger partial charge in [-0.2, -0.15) is 4.68 Å². The molecule has 0 fully saturated rings. The molecule has 1 atom stereocenters. The zero-order valence-electron chi connectivity index (χ0n) is 8.67. The predicted octanol–water partition coefficient (Wildman–Crippen LogP) is 1.68. The van der Waals surface area contributed by atoms with E-state index in [1.807, 2.05) is 0 Å². The van der Waals surface area contributed by atoms with Crippen LogP contribution >= 0.6 is 0 Å². The fraction of sp³-hybridized carbons (Fsp3) is 0.300. The van der Waals surface area contributed by atoms with Crippen LogP contribution in [0.25, 0.3) is 5.69 Å². The van der Waals surface area contributed by atoms with Crippen LogP contribution < -0.4 is 0 Å². The third-order valence-corrected chi connectivity index (χ3v) is 2.22. The zero-order valence-corrected chi connectivity index (χ0v) is 8.67. The Morgan fingerprint density at radius 2 is 2.06 bits per heavy atom. The fourth-order valence-corrected chi connectivity index (χ4v) is 1.34. The molecule has 83 valence electrons. The highest BCUT2D eigenvalue weighted by atomic mass is 19.1. The molecular weight excluding hydrogens is 211 g/mol. The second kappa shape index (κ2) is 4.36. The zero-order chi connectivity index (χ0) is 11.5. The van der Waals surface area contributed by atoms with E-state index in [1.165, 1.54) is 28.9 Å². The normalized spacial score (nSPS) is 12.7. The number of aromatic nitrogens is 4. The molecule has 5 nitrogen and oxygen atoms in total. The van der Waals surface area contributed by atoms with Crippen LogP contribution in [0.5, 0.6) is 0 Å². The molecular formula is C10H10FN4O. The molecule has 2 aromatic rings. The van der Waals surface area contributed by atoms with Gasteiger partial charge in [-0.15, -0.1) is 5.10 Å². The van der Waals surface area contributed by atoms with Gasteiger partial charge in [-0.25, -0.2) is 9.50 Å². The van der Waals surface area contributed by atoms with Crippen LogP contribution in [0.1, 0.15) is 25.3 Å². The van der Waals surface area contributed by atoms with Crippen molar-refractivity contribution in [3.63, 3.8) is 0 Å². The van der Waals surface area contributed by atoms with Gasteiger partial charge < -0.3 is 0 Å². The van der Waals surface area contributed by atoms with Gasteiger partial charge in [0.2, 0.25) is 0 Å². The van der Waals surface area contributed by atoms with Crippen molar-refractivity contribution in [2.45, 2.75) is 19.4 Å². The molecule has 0 N–H and O–H groups in total. The largest absolute Gasteiger partial charge is 0.224 e. The van der Waals surface area contributed by atoms with Crippen LogP contribution in [-0.4, -0.2) is 20.2 Å². The molecule has 1 unspecified atom stereocenters. The quantitative estimate of drug-likeness (QED) is 0.792. The van der Waals surface area contributed by atoms with E-state index in [1.54, 1.807) is 6.92 Å². The molecule has 1 aromatic carbocycles. The second-order valence-corrected chi connectivity index (χ2v) is 3.32. The van der Waals surface area contributed by atoms with Gasteiger partial charge in [0.25, 0.3) is 0 Å². The van der Waals surface area contributed by atoms with Gasteiger partial charge in [-0.3, -0.25) is 0 Å². The van der Waals surface area contributed by atoms with Gasteiger partial charge in [0.1, 0.15) is 5.82 Å². The summed E-state index contributed by atoms with van der Waals surface area (Å²) in [5, 5.41) is 22.4. The molecule has 0 aliphatic carbocycles. The van der Waals surface area contributed by atoms with Crippen LogP contribution in [0.2, 0.25) is 0 Å². The SMILES string of the molecule is CCC([O])c1nnnn1-c1ccc(F)cc1. The molecule has 6 heteroatoms. The lowest BCUT2D eigenvalue weighted by atomic mass is 10.2. The highest BCUT2D eigenvalue weighted by molar-refractivity contribution is 5.31. The Hall–Kier alpha value is -1.82. The van der Waals surface area contributed by atoms with E-state index in [-0.39, 0.29) is 11.6 Å². The van der Waals surface area contributed by atoms with Crippen molar-refractivity contribution in [2.75, 3.05) is 0 Å². The van der Waals surface area contributed by atoms with E-state index in [2.05, 4.69) is 15.5 Å². The third-order valence-electron chi connectivity index (χ3n) is 2.22. The number of halogens is 1. The average Bonchev–Trinajstić information content (AvgIpc) is 2.78. The highest BCUT2D eigenvalue weighted by Gasteiger charge is 2.17. The Kier molecular flexibility index (Phi) is 2.91. The summed E-state index contributed by atoms with van der Waals surface area (Å²) in [5.41, 5.74) is 0.579. The minimum absolute atomic E-state index is 0.245. The molecule has 1 heterocycles. The number of hydrogen-bond donors (Lipinski definition) is 0. The highest BCUT2D eigenvalue weighted by Crippen LogP contribution is 2.17. The summed E-state index contributed by atoms with van der Waals surface area (Å²) in [6.45, 7) is 1.77. The standard InChI is InChI=1S/C10H10FN4O/c1-2-9(16)10-12-13-14-15(10)8-5-3-7(11)4-6-8/h3-6,9H,2H2,1H3. The van der Waals surface area contributed by atoms with Gasteiger partial charge in [-0.05, 0) is 41.1 Å². The van der Waals surface area contributed by atoms with Crippen molar-refractivity contribution in [2.24, 2.45) is 0 Å². The van der Waals surface area contributed by atoms with Gasteiger partial charge in [0.15, 0.2) is 11.9 Å². The molecule has 0 spiro atoms. The van der Waals surface area contributed by atoms with E-state index < -0.39 is 6.10 Å². The van der Waals surface area contributed by atoms with E-state index >= 15 is 0 Å². The van der Waals surface area contributed by atoms with E-state index in [4.69, 9.17) is 0 Å². The smallest absolute Gasteiger partial charge is 0.188 e. The lowest BCUT2D eigenvalue weighted by Crippen LogP contribution is -2.07. The number of benzene rings is 1. The lowest BCUT2D eigenvalue weighted by molar-refractivity contribution is 0.0758. The molecule has 0 saturated carbocycles. The number of tetrazole rings is 1. The number of nitrogens with zero attached hydrogens (tertiary/aromatic N) is 4. The molecule has 0 aliphatic heterocycles. The van der Waals surface area contributed by atoms with Crippen LogP contribution in [0.15, 0.2) is 24.3 Å². The minimum atomic E-state index is -0.972. The van der Waals surface area contributed by atoms with Gasteiger partial charge in [-0.1, -0.05) is 6.92 Å². The number of hydrogen-bond acceptors (Lipinski definition) is 3. The Bertz CT molecular complexity index is 468. The van der Waals surface area contributed by atoms with Crippen molar-refractivity contribution in [1.29, 1.82) is 0 Å². The summed E-state index contributed by atoms with van der Waals surface area (Å²) in [6.07, 6.45) is -0.568. The Labute approximate surface area is 91.5 Å². The van der Waals surface area contributed by atoms with Crippen LogP contribution in [0.3, 0.4) is 0 Å². The van der Waals surface area contributed by atoms with Crippen molar-refractivity contribution < 1.29 is 9.50 Å². The summed E-state index contributed by atoms with van der Waals surface area (Å²) in [5.74, 6) is -0.0957. The van der Waals surface area contributed by atoms with Crippen molar-refractivity contribution >= 4 is 0 Å². The minimum Gasteiger partial charge on any atom is -0.224 e. The predicted molar refractivity (Wildman–Crippen MR) is 52.8 cm³/mol. The Morgan fingerprint density at radius 1 is 1.38 bits per heavy atom. The van der Waals surface area contributed by atoms with Crippen LogP contribution in [0, 0.1) is 5.82 Å². The van der Waals surface area contributed by atoms with Crippen molar-refractivity contribution in [1.82, 2.24) is 20.2 Å². The first-order valence-corrected chi connectivity index (χ1v) is 4.92. The summed E-state index contributed by atoms with van der Waals surface area (Å²) >= 11 is 0. The lowest BCUT2D eigenvalue weighted by Gasteiger charge is -2.06. The molecule has 0 amide bonds. The maximum Gasteiger partial charge on any atom is 0.188 e. The maximum atomic E-state index is 12.7. The first kappa shape index (κ1) is 10.7. The summed E-state index contributed by atoms with van der Waals surface area (Å²) in [7, 11) is 0. The van der Waals surface area contributed by atoms with E-state index in [0.29, 0.717) is 12.1 Å². The summed E-state index contributed by atoms with van der Waals surface area (Å²) < 4.78 is 14.1. The molecule has 0 aliphatic rings. The topological polar surface area (TPSA) is 63.5 Å². The number of rotatable bonds is 3. The van der Waals surface area contributed by atoms with Gasteiger partial charge in [0, 0.05) is 0 Å². The van der Waals surface area contributed by atoms with Gasteiger partial charge in [0.05, 0.1) is 5.69 Å². The first-order valence-electron chi connectivity index (χ1n) is 4.92. The summed E-state index contributed by atoms with van der Waals surface area (Å²) in [6, 6.07) is 5.65. The fourth-order valence-electron chi connectivity index (χ4n) is 1.34. The molecule has 16 heavy (non-hydrogen) atoms. The maximum absolute atomic E-state index is 12.7. The Morgan fingerprint density at radius 3 is 2.69 bits per heavy atom. The monoisotopic (exact) mass is 221 g/mol. The van der Waals surface area contributed by atoms with Crippen LogP contribution in [-0.2, 0) is 5.11 Å². The third kappa shape index (κ3) is 1.92. The Balaban J connectivity index is 2.40. The molecule has 0 saturated heterocycles. The average molecular weight is 221 g/mol. The van der Waals surface area contributed by atoms with E-state index in [9.17, 15) is 9.50 Å². The molecule has 0 bridgehead atoms. The molecule has 1 radical (unpaired) electrons. The van der Waals surface area contributed by atoms with Crippen molar-refractivity contribution in [3.8, 4) is 5.69 Å². The second-order valence-electron chi connectivity index (χ2n) is 3.32. The van der Waals surface area contributed by atoms with E-state index in [0.717, 1.165) is 0 Å². The van der Waals surface area contributed by atoms with Crippen LogP contribution in [0.4, 0.5) is 4.39 Å².